The molecule has 1 aliphatic heterocycles. The lowest BCUT2D eigenvalue weighted by Crippen LogP contribution is -2.44. The predicted molar refractivity (Wildman–Crippen MR) is 140 cm³/mol. The highest BCUT2D eigenvalue weighted by Crippen LogP contribution is 2.38. The molecule has 0 atom stereocenters. The molecule has 0 unspecified atom stereocenters. The fraction of sp³-hybridized carbons (Fsp3) is 0.448. The molecule has 6 heteroatoms. The van der Waals surface area contributed by atoms with Crippen LogP contribution in [0.25, 0.3) is 10.9 Å². The number of nitrogens with zero attached hydrogens (tertiary/aromatic N) is 2. The van der Waals surface area contributed by atoms with Crippen LogP contribution in [0.3, 0.4) is 0 Å². The molecule has 0 amide bonds. The van der Waals surface area contributed by atoms with Crippen molar-refractivity contribution < 1.29 is 14.6 Å². The van der Waals surface area contributed by atoms with E-state index in [4.69, 9.17) is 10.5 Å². The Morgan fingerprint density at radius 2 is 1.89 bits per heavy atom. The second-order valence-corrected chi connectivity index (χ2v) is 9.72. The fourth-order valence-electron chi connectivity index (χ4n) is 5.40. The van der Waals surface area contributed by atoms with Crippen molar-refractivity contribution in [2.75, 3.05) is 26.7 Å². The molecule has 0 aliphatic carbocycles. The number of pyridine rings is 1. The summed E-state index contributed by atoms with van der Waals surface area (Å²) in [6, 6.07) is 16.4. The Hall–Kier alpha value is -2.96. The van der Waals surface area contributed by atoms with Crippen molar-refractivity contribution in [2.45, 2.75) is 51.5 Å². The summed E-state index contributed by atoms with van der Waals surface area (Å²) in [5.74, 6) is 0.137. The van der Waals surface area contributed by atoms with E-state index >= 15 is 0 Å². The van der Waals surface area contributed by atoms with E-state index in [-0.39, 0.29) is 0 Å². The first kappa shape index (κ1) is 25.1. The van der Waals surface area contributed by atoms with Crippen LogP contribution >= 0.6 is 0 Å². The molecule has 35 heavy (non-hydrogen) atoms. The van der Waals surface area contributed by atoms with Crippen LogP contribution < -0.4 is 10.5 Å². The van der Waals surface area contributed by atoms with E-state index < -0.39 is 11.4 Å². The molecular weight excluding hydrogens is 438 g/mol. The maximum Gasteiger partial charge on any atom is 0.309 e. The topological polar surface area (TPSA) is 88.7 Å². The van der Waals surface area contributed by atoms with Gasteiger partial charge in [0, 0.05) is 18.1 Å². The van der Waals surface area contributed by atoms with Crippen molar-refractivity contribution in [3.05, 3.63) is 71.4 Å². The quantitative estimate of drug-likeness (QED) is 0.413. The monoisotopic (exact) mass is 475 g/mol. The number of methoxy groups -OCH3 is 1. The zero-order valence-corrected chi connectivity index (χ0v) is 20.7. The molecule has 3 N–H and O–H groups in total. The third-order valence-corrected chi connectivity index (χ3v) is 7.63. The van der Waals surface area contributed by atoms with Gasteiger partial charge in [0.25, 0.3) is 0 Å². The number of carboxylic acid groups (broad SMARTS) is 1. The summed E-state index contributed by atoms with van der Waals surface area (Å²) in [6.07, 6.45) is 7.71. The van der Waals surface area contributed by atoms with Gasteiger partial charge < -0.3 is 20.5 Å². The Labute approximate surface area is 208 Å². The minimum atomic E-state index is -0.651. The SMILES string of the molecule is COc1ccc2ncc(CN)c(CCCC3(C(=O)O)CCN(CCCc4ccccc4)CC3)c2c1. The third kappa shape index (κ3) is 6.00. The molecule has 1 aliphatic rings. The molecule has 2 heterocycles. The summed E-state index contributed by atoms with van der Waals surface area (Å²) in [4.78, 5) is 19.4. The van der Waals surface area contributed by atoms with Crippen LogP contribution in [0, 0.1) is 5.41 Å². The Morgan fingerprint density at radius 3 is 2.57 bits per heavy atom. The van der Waals surface area contributed by atoms with Crippen molar-refractivity contribution >= 4 is 16.9 Å². The standard InChI is InChI=1S/C29H37N3O3/c1-35-24-11-12-27-26(19-24)25(23(20-30)21-31-27)10-5-13-29(28(33)34)14-17-32(18-15-29)16-6-9-22-7-3-2-4-8-22/h2-4,7-8,11-12,19,21H,5-6,9-10,13-18,20,30H2,1H3,(H,33,34). The molecule has 0 spiro atoms. The van der Waals surface area contributed by atoms with E-state index in [2.05, 4.69) is 34.1 Å². The van der Waals surface area contributed by atoms with Crippen molar-refractivity contribution in [1.29, 1.82) is 0 Å². The molecule has 1 saturated heterocycles. The number of hydrogen-bond donors (Lipinski definition) is 2. The van der Waals surface area contributed by atoms with Gasteiger partial charge in [-0.3, -0.25) is 9.78 Å². The molecule has 0 bridgehead atoms. The minimum absolute atomic E-state index is 0.414. The van der Waals surface area contributed by atoms with Gasteiger partial charge in [-0.15, -0.1) is 0 Å². The maximum absolute atomic E-state index is 12.4. The van der Waals surface area contributed by atoms with E-state index in [1.54, 1.807) is 7.11 Å². The number of aromatic nitrogens is 1. The number of hydrogen-bond acceptors (Lipinski definition) is 5. The Morgan fingerprint density at radius 1 is 1.11 bits per heavy atom. The fourth-order valence-corrected chi connectivity index (χ4v) is 5.40. The molecule has 0 saturated carbocycles. The number of ether oxygens (including phenoxy) is 1. The maximum atomic E-state index is 12.4. The van der Waals surface area contributed by atoms with E-state index in [9.17, 15) is 9.90 Å². The van der Waals surface area contributed by atoms with Gasteiger partial charge >= 0.3 is 5.97 Å². The van der Waals surface area contributed by atoms with Crippen LogP contribution in [0.1, 0.15) is 48.8 Å². The molecular formula is C29H37N3O3. The first-order valence-electron chi connectivity index (χ1n) is 12.7. The number of aliphatic carboxylic acids is 1. The van der Waals surface area contributed by atoms with Crippen LogP contribution in [0.4, 0.5) is 0 Å². The lowest BCUT2D eigenvalue weighted by atomic mass is 9.74. The Kier molecular flexibility index (Phi) is 8.37. The highest BCUT2D eigenvalue weighted by Gasteiger charge is 2.40. The average Bonchev–Trinajstić information content (AvgIpc) is 2.90. The second kappa shape index (κ2) is 11.6. The van der Waals surface area contributed by atoms with Gasteiger partial charge in [0.1, 0.15) is 5.75 Å². The number of aryl methyl sites for hydroxylation is 2. The number of carboxylic acids is 1. The van der Waals surface area contributed by atoms with Crippen LogP contribution in [-0.4, -0.2) is 47.7 Å². The summed E-state index contributed by atoms with van der Waals surface area (Å²) in [7, 11) is 1.66. The highest BCUT2D eigenvalue weighted by atomic mass is 16.5. The highest BCUT2D eigenvalue weighted by molar-refractivity contribution is 5.84. The van der Waals surface area contributed by atoms with Crippen LogP contribution in [-0.2, 0) is 24.2 Å². The summed E-state index contributed by atoms with van der Waals surface area (Å²) >= 11 is 0. The van der Waals surface area contributed by atoms with E-state index in [1.807, 2.05) is 30.5 Å². The van der Waals surface area contributed by atoms with Crippen LogP contribution in [0.15, 0.2) is 54.7 Å². The van der Waals surface area contributed by atoms with Gasteiger partial charge in [-0.25, -0.2) is 0 Å². The molecule has 0 radical (unpaired) electrons. The second-order valence-electron chi connectivity index (χ2n) is 9.72. The zero-order valence-electron chi connectivity index (χ0n) is 20.7. The number of benzene rings is 2. The number of fused-ring (bicyclic) bond motifs is 1. The van der Waals surface area contributed by atoms with E-state index in [1.165, 1.54) is 5.56 Å². The molecule has 1 fully saturated rings. The number of piperidine rings is 1. The predicted octanol–water partition coefficient (Wildman–Crippen LogP) is 4.82. The smallest absolute Gasteiger partial charge is 0.309 e. The van der Waals surface area contributed by atoms with Crippen LogP contribution in [0.5, 0.6) is 5.75 Å². The van der Waals surface area contributed by atoms with Crippen LogP contribution in [0.2, 0.25) is 0 Å². The first-order valence-corrected chi connectivity index (χ1v) is 12.7. The third-order valence-electron chi connectivity index (χ3n) is 7.63. The van der Waals surface area contributed by atoms with Crippen molar-refractivity contribution in [3.8, 4) is 5.75 Å². The van der Waals surface area contributed by atoms with Crippen molar-refractivity contribution in [2.24, 2.45) is 11.1 Å². The lowest BCUT2D eigenvalue weighted by molar-refractivity contribution is -0.152. The summed E-state index contributed by atoms with van der Waals surface area (Å²) < 4.78 is 5.42. The molecule has 3 aromatic rings. The van der Waals surface area contributed by atoms with Gasteiger partial charge in [0.15, 0.2) is 0 Å². The molecule has 4 rings (SSSR count). The molecule has 1 aromatic heterocycles. The Bertz CT molecular complexity index is 1120. The number of likely N-dealkylation sites (tertiary alicyclic amines) is 1. The van der Waals surface area contributed by atoms with Gasteiger partial charge in [-0.1, -0.05) is 30.3 Å². The number of rotatable bonds is 11. The summed E-state index contributed by atoms with van der Waals surface area (Å²) in [5, 5.41) is 11.2. The molecule has 2 aromatic carbocycles. The average molecular weight is 476 g/mol. The van der Waals surface area contributed by atoms with Gasteiger partial charge in [0.2, 0.25) is 0 Å². The normalized spacial score (nSPS) is 15.8. The molecule has 186 valence electrons. The van der Waals surface area contributed by atoms with E-state index in [0.717, 1.165) is 73.1 Å². The van der Waals surface area contributed by atoms with Gasteiger partial charge in [0.05, 0.1) is 18.0 Å². The van der Waals surface area contributed by atoms with Crippen molar-refractivity contribution in [3.63, 3.8) is 0 Å². The molecule has 6 nitrogen and oxygen atoms in total. The largest absolute Gasteiger partial charge is 0.497 e. The van der Waals surface area contributed by atoms with Crippen molar-refractivity contribution in [1.82, 2.24) is 9.88 Å². The number of carbonyl (C=O) groups is 1. The lowest BCUT2D eigenvalue weighted by Gasteiger charge is -2.39. The minimum Gasteiger partial charge on any atom is -0.497 e. The summed E-state index contributed by atoms with van der Waals surface area (Å²) in [5.41, 5.74) is 9.84. The first-order chi connectivity index (χ1) is 17.0. The Balaban J connectivity index is 1.36. The summed E-state index contributed by atoms with van der Waals surface area (Å²) in [6.45, 7) is 3.14. The van der Waals surface area contributed by atoms with Gasteiger partial charge in [-0.2, -0.15) is 0 Å². The van der Waals surface area contributed by atoms with Gasteiger partial charge in [-0.05, 0) is 99.5 Å². The number of nitrogens with two attached hydrogens (primary N) is 1. The zero-order chi connectivity index (χ0) is 24.7. The van der Waals surface area contributed by atoms with E-state index in [0.29, 0.717) is 25.8 Å².